The van der Waals surface area contributed by atoms with Crippen LogP contribution >= 0.6 is 11.6 Å². The molecule has 0 saturated heterocycles. The van der Waals surface area contributed by atoms with Crippen molar-refractivity contribution in [2.75, 3.05) is 19.0 Å². The number of H-pyrrole nitrogens is 1. The second-order valence-electron chi connectivity index (χ2n) is 8.01. The highest BCUT2D eigenvalue weighted by Crippen LogP contribution is 2.37. The number of nitrogens with zero attached hydrogens (tertiary/aromatic N) is 2. The molecule has 2 N–H and O–H groups in total. The fraction of sp³-hybridized carbons (Fsp3) is 0.148. The van der Waals surface area contributed by atoms with Gasteiger partial charge in [0.05, 0.1) is 28.7 Å². The van der Waals surface area contributed by atoms with Gasteiger partial charge in [0.2, 0.25) is 0 Å². The number of carbonyl (C=O) groups is 1. The molecule has 0 bridgehead atoms. The number of aryl methyl sites for hydroxylation is 2. The Hall–Kier alpha value is -4.28. The van der Waals surface area contributed by atoms with Crippen LogP contribution in [0.1, 0.15) is 22.5 Å². The van der Waals surface area contributed by atoms with Crippen molar-refractivity contribution in [2.45, 2.75) is 13.8 Å². The molecule has 3 aromatic carbocycles. The number of methoxy groups -OCH3 is 1. The van der Waals surface area contributed by atoms with E-state index in [4.69, 9.17) is 21.1 Å². The molecule has 0 atom stereocenters. The Bertz CT molecular complexity index is 1470. The third-order valence-corrected chi connectivity index (χ3v) is 5.54. The van der Waals surface area contributed by atoms with Crippen molar-refractivity contribution < 1.29 is 14.3 Å². The lowest BCUT2D eigenvalue weighted by Crippen LogP contribution is -2.20. The van der Waals surface area contributed by atoms with Crippen molar-refractivity contribution in [3.8, 4) is 17.6 Å². The molecule has 8 heteroatoms. The van der Waals surface area contributed by atoms with Gasteiger partial charge in [0.25, 0.3) is 5.91 Å². The number of nitriles is 1. The first-order valence-electron chi connectivity index (χ1n) is 10.8. The number of amides is 1. The molecular formula is C27H23ClN4O3. The number of aromatic nitrogens is 2. The molecule has 0 fully saturated rings. The zero-order chi connectivity index (χ0) is 24.9. The van der Waals surface area contributed by atoms with Crippen LogP contribution in [0.4, 0.5) is 5.69 Å². The number of aromatic amines is 1. The first kappa shape index (κ1) is 23.9. The van der Waals surface area contributed by atoms with Crippen LogP contribution in [-0.2, 0) is 4.79 Å². The fourth-order valence-electron chi connectivity index (χ4n) is 3.51. The van der Waals surface area contributed by atoms with Crippen molar-refractivity contribution in [2.24, 2.45) is 0 Å². The summed E-state index contributed by atoms with van der Waals surface area (Å²) in [6, 6.07) is 18.8. The van der Waals surface area contributed by atoms with Gasteiger partial charge in [-0.05, 0) is 67.4 Å². The average molecular weight is 487 g/mol. The number of allylic oxidation sites excluding steroid dienone is 1. The Balaban J connectivity index is 1.54. The molecule has 1 amide bonds. The fourth-order valence-corrected chi connectivity index (χ4v) is 3.78. The molecule has 1 heterocycles. The number of halogens is 1. The van der Waals surface area contributed by atoms with E-state index in [1.165, 1.54) is 7.11 Å². The molecule has 0 unspecified atom stereocenters. The largest absolute Gasteiger partial charge is 0.493 e. The minimum Gasteiger partial charge on any atom is -0.493 e. The summed E-state index contributed by atoms with van der Waals surface area (Å²) in [4.78, 5) is 20.0. The molecule has 0 radical (unpaired) electrons. The summed E-state index contributed by atoms with van der Waals surface area (Å²) in [5.41, 5.74) is 5.45. The number of fused-ring (bicyclic) bond motifs is 1. The first-order valence-corrected chi connectivity index (χ1v) is 11.2. The first-order chi connectivity index (χ1) is 16.9. The maximum absolute atomic E-state index is 12.3. The number of anilines is 1. The monoisotopic (exact) mass is 486 g/mol. The molecular weight excluding hydrogens is 464 g/mol. The number of hydrogen-bond donors (Lipinski definition) is 2. The van der Waals surface area contributed by atoms with E-state index in [2.05, 4.69) is 21.4 Å². The lowest BCUT2D eigenvalue weighted by Gasteiger charge is -2.13. The normalized spacial score (nSPS) is 11.2. The number of ether oxygens (including phenoxy) is 2. The van der Waals surface area contributed by atoms with E-state index < -0.39 is 0 Å². The van der Waals surface area contributed by atoms with Crippen LogP contribution in [0.25, 0.3) is 22.7 Å². The minimum absolute atomic E-state index is 0.239. The van der Waals surface area contributed by atoms with E-state index in [0.717, 1.165) is 22.2 Å². The van der Waals surface area contributed by atoms with Crippen LogP contribution in [0.2, 0.25) is 5.02 Å². The van der Waals surface area contributed by atoms with Gasteiger partial charge in [-0.15, -0.1) is 0 Å². The van der Waals surface area contributed by atoms with E-state index >= 15 is 0 Å². The van der Waals surface area contributed by atoms with Gasteiger partial charge in [-0.3, -0.25) is 4.79 Å². The van der Waals surface area contributed by atoms with Crippen molar-refractivity contribution in [3.05, 3.63) is 82.1 Å². The maximum atomic E-state index is 12.3. The molecule has 35 heavy (non-hydrogen) atoms. The van der Waals surface area contributed by atoms with Crippen LogP contribution < -0.4 is 14.8 Å². The van der Waals surface area contributed by atoms with Crippen LogP contribution in [0.5, 0.6) is 11.5 Å². The molecule has 0 aliphatic carbocycles. The third kappa shape index (κ3) is 5.62. The number of nitrogens with one attached hydrogen (secondary N) is 2. The topological polar surface area (TPSA) is 100 Å². The number of imidazole rings is 1. The predicted octanol–water partition coefficient (Wildman–Crippen LogP) is 5.92. The predicted molar refractivity (Wildman–Crippen MR) is 138 cm³/mol. The second-order valence-corrected chi connectivity index (χ2v) is 8.42. The quantitative estimate of drug-likeness (QED) is 0.316. The Morgan fingerprint density at radius 1 is 1.14 bits per heavy atom. The van der Waals surface area contributed by atoms with Crippen molar-refractivity contribution in [1.29, 1.82) is 5.26 Å². The number of hydrogen-bond acceptors (Lipinski definition) is 5. The summed E-state index contributed by atoms with van der Waals surface area (Å²) in [6.07, 6.45) is 1.66. The van der Waals surface area contributed by atoms with Gasteiger partial charge in [-0.2, -0.15) is 5.26 Å². The van der Waals surface area contributed by atoms with Crippen molar-refractivity contribution >= 4 is 45.9 Å². The van der Waals surface area contributed by atoms with E-state index in [1.807, 2.05) is 56.3 Å². The summed E-state index contributed by atoms with van der Waals surface area (Å²) >= 11 is 6.46. The smallest absolute Gasteiger partial charge is 0.262 e. The van der Waals surface area contributed by atoms with Crippen LogP contribution in [-0.4, -0.2) is 29.6 Å². The Labute approximate surface area is 208 Å². The second kappa shape index (κ2) is 10.3. The highest BCUT2D eigenvalue weighted by molar-refractivity contribution is 6.32. The van der Waals surface area contributed by atoms with E-state index in [9.17, 15) is 10.1 Å². The highest BCUT2D eigenvalue weighted by atomic mass is 35.5. The lowest BCUT2D eigenvalue weighted by atomic mass is 10.1. The third-order valence-electron chi connectivity index (χ3n) is 5.26. The average Bonchev–Trinajstić information content (AvgIpc) is 3.26. The Morgan fingerprint density at radius 3 is 2.60 bits per heavy atom. The molecule has 0 aliphatic rings. The molecule has 0 spiro atoms. The summed E-state index contributed by atoms with van der Waals surface area (Å²) in [6.45, 7) is 3.71. The molecule has 4 rings (SSSR count). The van der Waals surface area contributed by atoms with Gasteiger partial charge in [-0.1, -0.05) is 35.4 Å². The van der Waals surface area contributed by atoms with Crippen LogP contribution in [0, 0.1) is 25.2 Å². The van der Waals surface area contributed by atoms with Crippen LogP contribution in [0.15, 0.2) is 54.6 Å². The molecule has 0 saturated carbocycles. The zero-order valence-corrected chi connectivity index (χ0v) is 20.2. The summed E-state index contributed by atoms with van der Waals surface area (Å²) in [5, 5.41) is 12.8. The van der Waals surface area contributed by atoms with E-state index in [1.54, 1.807) is 18.2 Å². The zero-order valence-electron chi connectivity index (χ0n) is 19.5. The Morgan fingerprint density at radius 2 is 1.89 bits per heavy atom. The minimum atomic E-state index is -0.331. The highest BCUT2D eigenvalue weighted by Gasteiger charge is 2.15. The van der Waals surface area contributed by atoms with Crippen molar-refractivity contribution in [1.82, 2.24) is 9.97 Å². The molecule has 1 aromatic heterocycles. The lowest BCUT2D eigenvalue weighted by molar-refractivity contribution is -0.118. The van der Waals surface area contributed by atoms with Gasteiger partial charge < -0.3 is 19.8 Å². The molecule has 0 aliphatic heterocycles. The SMILES string of the molecule is COc1cc(/C=C(/C#N)c2nc3ccc(C)cc3[nH]2)cc(Cl)c1OCC(=O)Nc1ccc(C)cc1. The van der Waals surface area contributed by atoms with Gasteiger partial charge in [0.1, 0.15) is 11.9 Å². The van der Waals surface area contributed by atoms with Gasteiger partial charge >= 0.3 is 0 Å². The maximum Gasteiger partial charge on any atom is 0.262 e. The Kier molecular flexibility index (Phi) is 7.04. The number of carbonyl (C=O) groups excluding carboxylic acids is 1. The summed E-state index contributed by atoms with van der Waals surface area (Å²) in [5.74, 6) is 0.701. The van der Waals surface area contributed by atoms with Gasteiger partial charge in [0, 0.05) is 5.69 Å². The number of benzene rings is 3. The van der Waals surface area contributed by atoms with Gasteiger partial charge in [-0.25, -0.2) is 4.98 Å². The molecule has 4 aromatic rings. The van der Waals surface area contributed by atoms with Crippen molar-refractivity contribution in [3.63, 3.8) is 0 Å². The van der Waals surface area contributed by atoms with E-state index in [0.29, 0.717) is 28.4 Å². The number of rotatable bonds is 7. The van der Waals surface area contributed by atoms with Gasteiger partial charge in [0.15, 0.2) is 18.1 Å². The standard InChI is InChI=1S/C27H23ClN4O3/c1-16-4-7-20(8-5-16)30-25(33)15-35-26-21(28)12-18(13-24(26)34-3)11-19(14-29)27-31-22-9-6-17(2)10-23(22)32-27/h4-13H,15H2,1-3H3,(H,30,33)(H,31,32)/b19-11-. The van der Waals surface area contributed by atoms with Crippen LogP contribution in [0.3, 0.4) is 0 Å². The summed E-state index contributed by atoms with van der Waals surface area (Å²) < 4.78 is 11.1. The molecule has 7 nitrogen and oxygen atoms in total. The molecule has 176 valence electrons. The summed E-state index contributed by atoms with van der Waals surface area (Å²) in [7, 11) is 1.48. The van der Waals surface area contributed by atoms with E-state index in [-0.39, 0.29) is 23.3 Å².